The molecule has 1 aliphatic heterocycles. The SMILES string of the molecule is C[C@H]1CC(C)(C)O[P@](=[Se])(NC(C)(C)C)O1. The molecule has 0 saturated carbocycles. The molecule has 5 heteroatoms. The first kappa shape index (κ1) is 13.9. The van der Waals surface area contributed by atoms with E-state index in [0.29, 0.717) is 0 Å². The summed E-state index contributed by atoms with van der Waals surface area (Å²) in [5, 5.41) is 3.43. The molecule has 0 aromatic heterocycles. The van der Waals surface area contributed by atoms with E-state index in [2.05, 4.69) is 61.7 Å². The molecule has 1 rings (SSSR count). The Hall–Kier alpha value is 0.829. The Morgan fingerprint density at radius 1 is 1.40 bits per heavy atom. The second-order valence-electron chi connectivity index (χ2n) is 5.83. The van der Waals surface area contributed by atoms with Crippen molar-refractivity contribution in [1.29, 1.82) is 0 Å². The summed E-state index contributed by atoms with van der Waals surface area (Å²) in [6.07, 6.45) is -0.870. The van der Waals surface area contributed by atoms with Crippen molar-refractivity contribution in [3.63, 3.8) is 0 Å². The molecular weight excluding hydrogens is 276 g/mol. The van der Waals surface area contributed by atoms with Crippen molar-refractivity contribution in [3.8, 4) is 0 Å². The summed E-state index contributed by atoms with van der Waals surface area (Å²) in [6, 6.07) is 0. The molecule has 3 nitrogen and oxygen atoms in total. The van der Waals surface area contributed by atoms with Crippen LogP contribution in [0.25, 0.3) is 0 Å². The molecule has 0 bridgehead atoms. The summed E-state index contributed by atoms with van der Waals surface area (Å²) in [6.45, 7) is 12.7. The molecule has 1 heterocycles. The van der Waals surface area contributed by atoms with E-state index < -0.39 is 6.11 Å². The van der Waals surface area contributed by atoms with Gasteiger partial charge in [-0.3, -0.25) is 0 Å². The molecule has 1 N–H and O–H groups in total. The summed E-state index contributed by atoms with van der Waals surface area (Å²) in [7, 11) is 0. The predicted molar refractivity (Wildman–Crippen MR) is 65.9 cm³/mol. The third-order valence-electron chi connectivity index (χ3n) is 1.94. The molecule has 0 radical (unpaired) electrons. The van der Waals surface area contributed by atoms with Crippen LogP contribution < -0.4 is 5.09 Å². The van der Waals surface area contributed by atoms with Crippen LogP contribution in [0.15, 0.2) is 0 Å². The topological polar surface area (TPSA) is 30.5 Å². The van der Waals surface area contributed by atoms with Crippen molar-refractivity contribution in [2.45, 2.75) is 65.2 Å². The third-order valence-corrected chi connectivity index (χ3v) is 5.84. The molecule has 0 aromatic carbocycles. The summed E-state index contributed by atoms with van der Waals surface area (Å²) in [4.78, 5) is 0. The van der Waals surface area contributed by atoms with Gasteiger partial charge in [0, 0.05) is 0 Å². The van der Waals surface area contributed by atoms with Crippen molar-refractivity contribution in [2.24, 2.45) is 0 Å². The summed E-state index contributed by atoms with van der Waals surface area (Å²) in [5.74, 6) is 0. The van der Waals surface area contributed by atoms with Crippen LogP contribution in [0, 0.1) is 0 Å². The van der Waals surface area contributed by atoms with Gasteiger partial charge >= 0.3 is 101 Å². The average Bonchev–Trinajstić information content (AvgIpc) is 1.70. The first-order chi connectivity index (χ1) is 6.52. The molecule has 0 aliphatic carbocycles. The fourth-order valence-electron chi connectivity index (χ4n) is 1.81. The maximum atomic E-state index is 6.03. The van der Waals surface area contributed by atoms with Crippen LogP contribution in [-0.4, -0.2) is 32.3 Å². The minimum absolute atomic E-state index is 0.00777. The van der Waals surface area contributed by atoms with Crippen molar-refractivity contribution < 1.29 is 9.05 Å². The van der Waals surface area contributed by atoms with Crippen LogP contribution in [-0.2, 0) is 9.05 Å². The zero-order valence-corrected chi connectivity index (χ0v) is 13.1. The van der Waals surface area contributed by atoms with Crippen molar-refractivity contribution in [3.05, 3.63) is 0 Å². The van der Waals surface area contributed by atoms with Gasteiger partial charge < -0.3 is 0 Å². The van der Waals surface area contributed by atoms with Gasteiger partial charge in [0.1, 0.15) is 0 Å². The Kier molecular flexibility index (Phi) is 3.94. The van der Waals surface area contributed by atoms with Crippen LogP contribution in [0.2, 0.25) is 0 Å². The standard InChI is InChI=1S/C10H22NO2PSe/c1-8-7-10(5,6)13-14(15,12-8)11-9(2,3)4/h8H,7H2,1-6H3,(H,11,15)/t8-,14-/m0/s1. The van der Waals surface area contributed by atoms with Gasteiger partial charge in [-0.1, -0.05) is 0 Å². The molecule has 1 fully saturated rings. The van der Waals surface area contributed by atoms with E-state index in [9.17, 15) is 0 Å². The number of hydrogen-bond acceptors (Lipinski definition) is 3. The van der Waals surface area contributed by atoms with Crippen LogP contribution in [0.5, 0.6) is 0 Å². The monoisotopic (exact) mass is 299 g/mol. The van der Waals surface area contributed by atoms with Crippen molar-refractivity contribution in [1.82, 2.24) is 5.09 Å². The molecule has 90 valence electrons. The van der Waals surface area contributed by atoms with E-state index in [4.69, 9.17) is 9.05 Å². The van der Waals surface area contributed by atoms with Gasteiger partial charge in [-0.05, 0) is 0 Å². The Morgan fingerprint density at radius 3 is 2.33 bits per heavy atom. The predicted octanol–water partition coefficient (Wildman–Crippen LogP) is 2.82. The van der Waals surface area contributed by atoms with Gasteiger partial charge in [0.25, 0.3) is 0 Å². The molecule has 1 aliphatic rings. The molecule has 0 unspecified atom stereocenters. The van der Waals surface area contributed by atoms with Gasteiger partial charge in [0.15, 0.2) is 0 Å². The van der Waals surface area contributed by atoms with Crippen molar-refractivity contribution >= 4 is 21.2 Å². The molecule has 2 atom stereocenters. The van der Waals surface area contributed by atoms with Crippen LogP contribution >= 0.6 is 6.11 Å². The van der Waals surface area contributed by atoms with E-state index in [0.717, 1.165) is 6.42 Å². The first-order valence-electron chi connectivity index (χ1n) is 5.30. The molecular formula is C10H22NO2PSe. The van der Waals surface area contributed by atoms with Gasteiger partial charge in [-0.25, -0.2) is 0 Å². The van der Waals surface area contributed by atoms with Crippen LogP contribution in [0.4, 0.5) is 0 Å². The van der Waals surface area contributed by atoms with Gasteiger partial charge in [0.2, 0.25) is 0 Å². The molecule has 0 spiro atoms. The minimum atomic E-state index is -2.04. The van der Waals surface area contributed by atoms with E-state index in [1.807, 2.05) is 0 Å². The van der Waals surface area contributed by atoms with Crippen LogP contribution in [0.3, 0.4) is 0 Å². The fourth-order valence-corrected chi connectivity index (χ4v) is 7.97. The normalized spacial score (nSPS) is 36.5. The molecule has 0 aromatic rings. The summed E-state index contributed by atoms with van der Waals surface area (Å²) < 4.78 is 11.9. The second-order valence-corrected chi connectivity index (χ2v) is 10.5. The Bertz CT molecular complexity index is 280. The van der Waals surface area contributed by atoms with Gasteiger partial charge in [0.05, 0.1) is 0 Å². The quantitative estimate of drug-likeness (QED) is 0.596. The van der Waals surface area contributed by atoms with Crippen molar-refractivity contribution in [2.75, 3.05) is 0 Å². The molecule has 0 amide bonds. The van der Waals surface area contributed by atoms with E-state index in [1.165, 1.54) is 0 Å². The zero-order valence-electron chi connectivity index (χ0n) is 10.5. The number of nitrogens with one attached hydrogen (secondary N) is 1. The zero-order chi connectivity index (χ0) is 11.9. The maximum absolute atomic E-state index is 6.03. The second kappa shape index (κ2) is 4.25. The number of rotatable bonds is 1. The van der Waals surface area contributed by atoms with Gasteiger partial charge in [-0.2, -0.15) is 0 Å². The average molecular weight is 298 g/mol. The Balaban J connectivity index is 2.80. The Labute approximate surface area is 101 Å². The van der Waals surface area contributed by atoms with E-state index in [-0.39, 0.29) is 17.2 Å². The molecule has 1 saturated heterocycles. The number of hydrogen-bond donors (Lipinski definition) is 1. The summed E-state index contributed by atoms with van der Waals surface area (Å²) >= 11 is 3.09. The van der Waals surface area contributed by atoms with Gasteiger partial charge in [-0.15, -0.1) is 0 Å². The first-order valence-corrected chi connectivity index (χ1v) is 9.14. The fraction of sp³-hybridized carbons (Fsp3) is 1.00. The molecule has 15 heavy (non-hydrogen) atoms. The third kappa shape index (κ3) is 4.68. The van der Waals surface area contributed by atoms with Crippen LogP contribution in [0.1, 0.15) is 48.0 Å². The Morgan fingerprint density at radius 2 is 1.93 bits per heavy atom. The summed E-state index contributed by atoms with van der Waals surface area (Å²) in [5.41, 5.74) is -0.124. The van der Waals surface area contributed by atoms with E-state index >= 15 is 0 Å². The van der Waals surface area contributed by atoms with E-state index in [1.54, 1.807) is 0 Å².